The predicted octanol–water partition coefficient (Wildman–Crippen LogP) is 6.29. The number of anilines is 1. The minimum Gasteiger partial charge on any atom is -0.316 e. The first kappa shape index (κ1) is 20.9. The molecule has 2 amide bonds. The number of hydrogen-bond donors (Lipinski definition) is 1. The Balaban J connectivity index is 1.94. The summed E-state index contributed by atoms with van der Waals surface area (Å²) in [4.78, 5) is 19.1. The van der Waals surface area contributed by atoms with Gasteiger partial charge in [-0.2, -0.15) is 0 Å². The second kappa shape index (κ2) is 8.66. The van der Waals surface area contributed by atoms with E-state index in [-0.39, 0.29) is 17.5 Å². The number of halogens is 1. The van der Waals surface area contributed by atoms with Crippen LogP contribution < -0.4 is 5.32 Å². The molecule has 150 valence electrons. The molecular formula is C24H26ClN3O. The number of hydrogen-bond acceptors (Lipinski definition) is 2. The first-order chi connectivity index (χ1) is 13.8. The van der Waals surface area contributed by atoms with Gasteiger partial charge in [-0.1, -0.05) is 68.8 Å². The number of benzene rings is 2. The standard InChI is InChI=1S/C24H26ClN3O/c1-24(2,3)20-9-5-6-10-21(20)27-23(29)28(4)22(18-8-7-15-26-16-18)17-11-13-19(25)14-12-17/h5-16,22H,1-4H3,(H,27,29)/t22-/m0/s1. The first-order valence-electron chi connectivity index (χ1n) is 9.56. The van der Waals surface area contributed by atoms with Crippen LogP contribution in [0.1, 0.15) is 43.5 Å². The molecule has 4 nitrogen and oxygen atoms in total. The van der Waals surface area contributed by atoms with Gasteiger partial charge in [-0.3, -0.25) is 4.98 Å². The van der Waals surface area contributed by atoms with Gasteiger partial charge in [0.25, 0.3) is 0 Å². The molecule has 29 heavy (non-hydrogen) atoms. The van der Waals surface area contributed by atoms with Crippen LogP contribution in [0, 0.1) is 0 Å². The highest BCUT2D eigenvalue weighted by molar-refractivity contribution is 6.30. The van der Waals surface area contributed by atoms with Crippen molar-refractivity contribution < 1.29 is 4.79 Å². The number of pyridine rings is 1. The molecule has 0 aliphatic rings. The molecule has 0 radical (unpaired) electrons. The SMILES string of the molecule is CN(C(=O)Nc1ccccc1C(C)(C)C)[C@@H](c1ccc(Cl)cc1)c1cccnc1. The van der Waals surface area contributed by atoms with E-state index in [9.17, 15) is 4.79 Å². The Hall–Kier alpha value is -2.85. The summed E-state index contributed by atoms with van der Waals surface area (Å²) < 4.78 is 0. The fraction of sp³-hybridized carbons (Fsp3) is 0.250. The van der Waals surface area contributed by atoms with Crippen LogP contribution in [-0.4, -0.2) is 23.0 Å². The van der Waals surface area contributed by atoms with Crippen molar-refractivity contribution in [2.24, 2.45) is 0 Å². The number of carbonyl (C=O) groups is 1. The van der Waals surface area contributed by atoms with Crippen molar-refractivity contribution >= 4 is 23.3 Å². The van der Waals surface area contributed by atoms with E-state index in [2.05, 4.69) is 31.1 Å². The summed E-state index contributed by atoms with van der Waals surface area (Å²) in [7, 11) is 1.79. The maximum Gasteiger partial charge on any atom is 0.322 e. The zero-order chi connectivity index (χ0) is 21.0. The molecule has 0 aliphatic carbocycles. The molecule has 0 saturated heterocycles. The molecule has 1 N–H and O–H groups in total. The molecule has 1 atom stereocenters. The number of rotatable bonds is 4. The van der Waals surface area contributed by atoms with E-state index >= 15 is 0 Å². The minimum atomic E-state index is -0.289. The van der Waals surface area contributed by atoms with Crippen LogP contribution in [0.5, 0.6) is 0 Å². The van der Waals surface area contributed by atoms with Crippen LogP contribution in [0.15, 0.2) is 73.1 Å². The van der Waals surface area contributed by atoms with Gasteiger partial charge in [-0.15, -0.1) is 0 Å². The molecule has 0 fully saturated rings. The predicted molar refractivity (Wildman–Crippen MR) is 119 cm³/mol. The Bertz CT molecular complexity index is 965. The minimum absolute atomic E-state index is 0.0820. The van der Waals surface area contributed by atoms with Gasteiger partial charge in [-0.05, 0) is 46.4 Å². The van der Waals surface area contributed by atoms with Gasteiger partial charge >= 0.3 is 6.03 Å². The molecule has 0 aliphatic heterocycles. The van der Waals surface area contributed by atoms with Crippen molar-refractivity contribution in [3.63, 3.8) is 0 Å². The number of amides is 2. The van der Waals surface area contributed by atoms with Crippen LogP contribution in [0.2, 0.25) is 5.02 Å². The number of nitrogens with one attached hydrogen (secondary N) is 1. The molecular weight excluding hydrogens is 382 g/mol. The Morgan fingerprint density at radius 2 is 1.69 bits per heavy atom. The van der Waals surface area contributed by atoms with Crippen molar-refractivity contribution in [1.29, 1.82) is 0 Å². The fourth-order valence-corrected chi connectivity index (χ4v) is 3.52. The molecule has 5 heteroatoms. The average Bonchev–Trinajstić information content (AvgIpc) is 2.70. The summed E-state index contributed by atoms with van der Waals surface area (Å²) in [6, 6.07) is 18.8. The fourth-order valence-electron chi connectivity index (χ4n) is 3.39. The quantitative estimate of drug-likeness (QED) is 0.552. The molecule has 0 saturated carbocycles. The largest absolute Gasteiger partial charge is 0.322 e. The summed E-state index contributed by atoms with van der Waals surface area (Å²) in [6.45, 7) is 6.40. The summed E-state index contributed by atoms with van der Waals surface area (Å²) in [5, 5.41) is 3.75. The van der Waals surface area contributed by atoms with Crippen LogP contribution in [0.4, 0.5) is 10.5 Å². The first-order valence-corrected chi connectivity index (χ1v) is 9.94. The van der Waals surface area contributed by atoms with Crippen molar-refractivity contribution in [3.8, 4) is 0 Å². The molecule has 0 bridgehead atoms. The Kier molecular flexibility index (Phi) is 6.23. The van der Waals surface area contributed by atoms with Crippen molar-refractivity contribution in [1.82, 2.24) is 9.88 Å². The number of nitrogens with zero attached hydrogens (tertiary/aromatic N) is 2. The Morgan fingerprint density at radius 1 is 1.00 bits per heavy atom. The van der Waals surface area contributed by atoms with Gasteiger partial charge in [0.15, 0.2) is 0 Å². The zero-order valence-electron chi connectivity index (χ0n) is 17.2. The summed E-state index contributed by atoms with van der Waals surface area (Å²) in [6.07, 6.45) is 3.51. The monoisotopic (exact) mass is 407 g/mol. The number of carbonyl (C=O) groups excluding carboxylic acids is 1. The molecule has 2 aromatic carbocycles. The van der Waals surface area contributed by atoms with E-state index in [1.165, 1.54) is 0 Å². The number of aromatic nitrogens is 1. The summed E-state index contributed by atoms with van der Waals surface area (Å²) in [5.41, 5.74) is 3.71. The maximum absolute atomic E-state index is 13.2. The number of urea groups is 1. The molecule has 0 spiro atoms. The van der Waals surface area contributed by atoms with E-state index in [0.29, 0.717) is 5.02 Å². The van der Waals surface area contributed by atoms with E-state index in [4.69, 9.17) is 11.6 Å². The van der Waals surface area contributed by atoms with Crippen molar-refractivity contribution in [3.05, 3.63) is 94.8 Å². The van der Waals surface area contributed by atoms with Crippen LogP contribution >= 0.6 is 11.6 Å². The molecule has 1 aromatic heterocycles. The lowest BCUT2D eigenvalue weighted by molar-refractivity contribution is 0.212. The zero-order valence-corrected chi connectivity index (χ0v) is 17.9. The smallest absolute Gasteiger partial charge is 0.316 e. The Morgan fingerprint density at radius 3 is 2.31 bits per heavy atom. The highest BCUT2D eigenvalue weighted by atomic mass is 35.5. The molecule has 3 aromatic rings. The third kappa shape index (κ3) is 4.96. The van der Waals surface area contributed by atoms with Gasteiger partial charge in [-0.25, -0.2) is 4.79 Å². The van der Waals surface area contributed by atoms with Crippen LogP contribution in [0.3, 0.4) is 0 Å². The summed E-state index contributed by atoms with van der Waals surface area (Å²) >= 11 is 6.07. The second-order valence-corrected chi connectivity index (χ2v) is 8.51. The van der Waals surface area contributed by atoms with Gasteiger partial charge in [0.05, 0.1) is 6.04 Å². The normalized spacial score (nSPS) is 12.3. The lowest BCUT2D eigenvalue weighted by Crippen LogP contribution is -2.36. The van der Waals surface area contributed by atoms with Crippen LogP contribution in [-0.2, 0) is 5.41 Å². The molecule has 3 rings (SSSR count). The van der Waals surface area contributed by atoms with Crippen molar-refractivity contribution in [2.75, 3.05) is 12.4 Å². The maximum atomic E-state index is 13.2. The highest BCUT2D eigenvalue weighted by Crippen LogP contribution is 2.31. The van der Waals surface area contributed by atoms with E-state index in [1.807, 2.05) is 60.7 Å². The Labute approximate surface area is 177 Å². The number of para-hydroxylation sites is 1. The van der Waals surface area contributed by atoms with E-state index < -0.39 is 0 Å². The molecule has 0 unspecified atom stereocenters. The van der Waals surface area contributed by atoms with Gasteiger partial charge in [0.1, 0.15) is 0 Å². The van der Waals surface area contributed by atoms with Gasteiger partial charge < -0.3 is 10.2 Å². The van der Waals surface area contributed by atoms with Gasteiger partial charge in [0.2, 0.25) is 0 Å². The highest BCUT2D eigenvalue weighted by Gasteiger charge is 2.25. The third-order valence-corrected chi connectivity index (χ3v) is 5.12. The van der Waals surface area contributed by atoms with Gasteiger partial charge in [0, 0.05) is 30.2 Å². The lowest BCUT2D eigenvalue weighted by atomic mass is 9.86. The molecule has 1 heterocycles. The average molecular weight is 408 g/mol. The van der Waals surface area contributed by atoms with Crippen LogP contribution in [0.25, 0.3) is 0 Å². The third-order valence-electron chi connectivity index (χ3n) is 4.87. The topological polar surface area (TPSA) is 45.2 Å². The lowest BCUT2D eigenvalue weighted by Gasteiger charge is -2.30. The second-order valence-electron chi connectivity index (χ2n) is 8.08. The van der Waals surface area contributed by atoms with E-state index in [1.54, 1.807) is 24.3 Å². The van der Waals surface area contributed by atoms with Crippen molar-refractivity contribution in [2.45, 2.75) is 32.2 Å². The summed E-state index contributed by atoms with van der Waals surface area (Å²) in [5.74, 6) is 0. The van der Waals surface area contributed by atoms with E-state index in [0.717, 1.165) is 22.4 Å².